The van der Waals surface area contributed by atoms with E-state index in [0.717, 1.165) is 23.6 Å². The van der Waals surface area contributed by atoms with Crippen molar-refractivity contribution in [3.8, 4) is 0 Å². The number of hydrogen-bond acceptors (Lipinski definition) is 4. The maximum absolute atomic E-state index is 5.68. The Morgan fingerprint density at radius 1 is 1.50 bits per heavy atom. The lowest BCUT2D eigenvalue weighted by atomic mass is 10.2. The van der Waals surface area contributed by atoms with Crippen molar-refractivity contribution in [1.29, 1.82) is 0 Å². The molecule has 74 valence electrons. The van der Waals surface area contributed by atoms with Crippen molar-refractivity contribution < 1.29 is 0 Å². The summed E-state index contributed by atoms with van der Waals surface area (Å²) in [6.07, 6.45) is 2.48. The van der Waals surface area contributed by atoms with Gasteiger partial charge in [-0.05, 0) is 13.8 Å². The normalized spacial score (nSPS) is 13.4. The van der Waals surface area contributed by atoms with Gasteiger partial charge in [-0.3, -0.25) is 0 Å². The Morgan fingerprint density at radius 2 is 2.29 bits per heavy atom. The number of H-pyrrole nitrogens is 1. The van der Waals surface area contributed by atoms with E-state index in [-0.39, 0.29) is 6.04 Å². The lowest BCUT2D eigenvalue weighted by molar-refractivity contribution is 0.711. The summed E-state index contributed by atoms with van der Waals surface area (Å²) in [4.78, 5) is 15.8. The van der Waals surface area contributed by atoms with E-state index in [9.17, 15) is 0 Å². The molecule has 1 unspecified atom stereocenters. The van der Waals surface area contributed by atoms with Gasteiger partial charge in [-0.2, -0.15) is 0 Å². The number of aryl methyl sites for hydroxylation is 1. The van der Waals surface area contributed by atoms with E-state index < -0.39 is 0 Å². The molecule has 0 saturated heterocycles. The quantitative estimate of drug-likeness (QED) is 0.726. The molecule has 0 aliphatic carbocycles. The monoisotopic (exact) mass is 191 g/mol. The molecule has 0 fully saturated rings. The first-order valence-corrected chi connectivity index (χ1v) is 4.59. The Labute approximate surface area is 81.8 Å². The molecule has 3 N–H and O–H groups in total. The van der Waals surface area contributed by atoms with Crippen LogP contribution in [0.4, 0.5) is 0 Å². The largest absolute Gasteiger partial charge is 0.339 e. The number of rotatable bonds is 2. The summed E-state index contributed by atoms with van der Waals surface area (Å²) in [6, 6.07) is 0.101. The van der Waals surface area contributed by atoms with Gasteiger partial charge in [0.25, 0.3) is 0 Å². The van der Waals surface area contributed by atoms with E-state index in [1.165, 1.54) is 0 Å². The number of aromatic amines is 1. The molecule has 5 nitrogen and oxygen atoms in total. The second kappa shape index (κ2) is 3.34. The summed E-state index contributed by atoms with van der Waals surface area (Å²) >= 11 is 0. The molecule has 2 heterocycles. The number of hydrogen-bond donors (Lipinski definition) is 2. The van der Waals surface area contributed by atoms with Crippen LogP contribution in [-0.2, 0) is 6.42 Å². The van der Waals surface area contributed by atoms with Crippen molar-refractivity contribution in [3.05, 3.63) is 17.8 Å². The number of nitrogens with one attached hydrogen (secondary N) is 1. The van der Waals surface area contributed by atoms with Crippen LogP contribution in [0.15, 0.2) is 6.20 Å². The highest BCUT2D eigenvalue weighted by Gasteiger charge is 2.06. The predicted octanol–water partition coefficient (Wildman–Crippen LogP) is 0.551. The van der Waals surface area contributed by atoms with Crippen LogP contribution in [-0.4, -0.2) is 26.0 Å². The van der Waals surface area contributed by atoms with Crippen molar-refractivity contribution in [2.75, 3.05) is 0 Å². The minimum Gasteiger partial charge on any atom is -0.339 e. The van der Waals surface area contributed by atoms with Gasteiger partial charge in [0.1, 0.15) is 17.2 Å². The zero-order valence-electron chi connectivity index (χ0n) is 8.28. The minimum absolute atomic E-state index is 0.101. The molecule has 0 aliphatic heterocycles. The van der Waals surface area contributed by atoms with Gasteiger partial charge in [-0.15, -0.1) is 0 Å². The van der Waals surface area contributed by atoms with Crippen molar-refractivity contribution in [1.82, 2.24) is 19.9 Å². The Morgan fingerprint density at radius 3 is 3.00 bits per heavy atom. The lowest BCUT2D eigenvalue weighted by Gasteiger charge is -1.98. The van der Waals surface area contributed by atoms with Crippen LogP contribution in [0.2, 0.25) is 0 Å². The molecule has 2 aromatic rings. The van der Waals surface area contributed by atoms with Crippen molar-refractivity contribution in [2.45, 2.75) is 26.3 Å². The number of aromatic nitrogens is 4. The van der Waals surface area contributed by atoms with Gasteiger partial charge in [0, 0.05) is 12.5 Å². The molecule has 0 aromatic carbocycles. The number of imidazole rings is 1. The zero-order valence-corrected chi connectivity index (χ0v) is 8.28. The van der Waals surface area contributed by atoms with Gasteiger partial charge in [0.05, 0.1) is 6.20 Å². The van der Waals surface area contributed by atoms with Crippen LogP contribution in [0.5, 0.6) is 0 Å². The third-order valence-electron chi connectivity index (χ3n) is 1.92. The average Bonchev–Trinajstić information content (AvgIpc) is 2.44. The SMILES string of the molecule is Cc1ncc2[nH]c(CC(C)N)nc2n1. The highest BCUT2D eigenvalue weighted by Crippen LogP contribution is 2.08. The second-order valence-corrected chi connectivity index (χ2v) is 3.52. The third-order valence-corrected chi connectivity index (χ3v) is 1.92. The van der Waals surface area contributed by atoms with Crippen LogP contribution in [0.25, 0.3) is 11.2 Å². The van der Waals surface area contributed by atoms with Gasteiger partial charge >= 0.3 is 0 Å². The standard InChI is InChI=1S/C9H13N5/c1-5(10)3-8-13-7-4-11-6(2)12-9(7)14-8/h4-5H,3,10H2,1-2H3,(H,11,12,13,14). The summed E-state index contributed by atoms with van der Waals surface area (Å²) in [6.45, 7) is 3.80. The van der Waals surface area contributed by atoms with E-state index in [0.29, 0.717) is 5.65 Å². The highest BCUT2D eigenvalue weighted by atomic mass is 15.0. The molecule has 0 bridgehead atoms. The third kappa shape index (κ3) is 1.72. The minimum atomic E-state index is 0.101. The fourth-order valence-corrected chi connectivity index (χ4v) is 1.34. The average molecular weight is 191 g/mol. The summed E-state index contributed by atoms with van der Waals surface area (Å²) < 4.78 is 0. The van der Waals surface area contributed by atoms with Crippen molar-refractivity contribution in [2.24, 2.45) is 5.73 Å². The van der Waals surface area contributed by atoms with E-state index >= 15 is 0 Å². The fourth-order valence-electron chi connectivity index (χ4n) is 1.34. The second-order valence-electron chi connectivity index (χ2n) is 3.52. The molecule has 2 rings (SSSR count). The Bertz CT molecular complexity index is 445. The highest BCUT2D eigenvalue weighted by molar-refractivity contribution is 5.69. The molecule has 0 radical (unpaired) electrons. The van der Waals surface area contributed by atoms with E-state index in [1.54, 1.807) is 6.20 Å². The molecule has 0 spiro atoms. The molecule has 2 aromatic heterocycles. The zero-order chi connectivity index (χ0) is 10.1. The summed E-state index contributed by atoms with van der Waals surface area (Å²) in [5.74, 6) is 1.60. The number of nitrogens with two attached hydrogens (primary N) is 1. The molecular formula is C9H13N5. The maximum Gasteiger partial charge on any atom is 0.181 e. The van der Waals surface area contributed by atoms with E-state index in [2.05, 4.69) is 19.9 Å². The smallest absolute Gasteiger partial charge is 0.181 e. The van der Waals surface area contributed by atoms with E-state index in [4.69, 9.17) is 5.73 Å². The molecular weight excluding hydrogens is 178 g/mol. The van der Waals surface area contributed by atoms with Crippen LogP contribution in [0.1, 0.15) is 18.6 Å². The summed E-state index contributed by atoms with van der Waals surface area (Å²) in [5, 5.41) is 0. The Kier molecular flexibility index (Phi) is 2.17. The molecule has 0 aliphatic rings. The molecule has 14 heavy (non-hydrogen) atoms. The van der Waals surface area contributed by atoms with Gasteiger partial charge in [0.15, 0.2) is 5.65 Å². The summed E-state index contributed by atoms with van der Waals surface area (Å²) in [7, 11) is 0. The Balaban J connectivity index is 2.41. The van der Waals surface area contributed by atoms with Crippen LogP contribution >= 0.6 is 0 Å². The van der Waals surface area contributed by atoms with Gasteiger partial charge in [-0.1, -0.05) is 0 Å². The van der Waals surface area contributed by atoms with Crippen molar-refractivity contribution >= 4 is 11.2 Å². The molecule has 0 amide bonds. The predicted molar refractivity (Wildman–Crippen MR) is 53.8 cm³/mol. The van der Waals surface area contributed by atoms with Crippen molar-refractivity contribution in [3.63, 3.8) is 0 Å². The first-order chi connectivity index (χ1) is 6.65. The van der Waals surface area contributed by atoms with Gasteiger partial charge in [-0.25, -0.2) is 15.0 Å². The molecule has 5 heteroatoms. The fraction of sp³-hybridized carbons (Fsp3) is 0.444. The Hall–Kier alpha value is -1.49. The maximum atomic E-state index is 5.68. The summed E-state index contributed by atoms with van der Waals surface area (Å²) in [5.41, 5.74) is 7.26. The topological polar surface area (TPSA) is 80.5 Å². The van der Waals surface area contributed by atoms with Crippen LogP contribution < -0.4 is 5.73 Å². The van der Waals surface area contributed by atoms with Crippen LogP contribution in [0, 0.1) is 6.92 Å². The van der Waals surface area contributed by atoms with E-state index in [1.807, 2.05) is 13.8 Å². The number of fused-ring (bicyclic) bond motifs is 1. The lowest BCUT2D eigenvalue weighted by Crippen LogP contribution is -2.18. The van der Waals surface area contributed by atoms with Gasteiger partial charge in [0.2, 0.25) is 0 Å². The van der Waals surface area contributed by atoms with Crippen LogP contribution in [0.3, 0.4) is 0 Å². The first-order valence-electron chi connectivity index (χ1n) is 4.59. The van der Waals surface area contributed by atoms with Gasteiger partial charge < -0.3 is 10.7 Å². The molecule has 0 saturated carbocycles. The molecule has 1 atom stereocenters. The number of nitrogens with zero attached hydrogens (tertiary/aromatic N) is 3. The first kappa shape index (κ1) is 9.08.